The SMILES string of the molecule is COC(=O)c1cc([N+](=O)[O-])c(CNC(=O)OC(C)(C)C)cc1Sc1nnnn1C. The van der Waals surface area contributed by atoms with Crippen LogP contribution in [0.5, 0.6) is 0 Å². The van der Waals surface area contributed by atoms with Crippen LogP contribution in [0.4, 0.5) is 10.5 Å². The number of amides is 1. The zero-order valence-corrected chi connectivity index (χ0v) is 17.3. The Hall–Kier alpha value is -3.22. The van der Waals surface area contributed by atoms with Gasteiger partial charge in [-0.3, -0.25) is 10.1 Å². The predicted molar refractivity (Wildman–Crippen MR) is 100 cm³/mol. The van der Waals surface area contributed by atoms with Crippen molar-refractivity contribution in [2.75, 3.05) is 7.11 Å². The summed E-state index contributed by atoms with van der Waals surface area (Å²) < 4.78 is 11.3. The van der Waals surface area contributed by atoms with Crippen molar-refractivity contribution in [3.63, 3.8) is 0 Å². The fourth-order valence-corrected chi connectivity index (χ4v) is 3.06. The molecule has 1 aromatic heterocycles. The predicted octanol–water partition coefficient (Wildman–Crippen LogP) is 2.08. The summed E-state index contributed by atoms with van der Waals surface area (Å²) in [6.07, 6.45) is -0.726. The first-order valence-corrected chi connectivity index (χ1v) is 9.10. The van der Waals surface area contributed by atoms with E-state index in [1.54, 1.807) is 27.8 Å². The molecule has 0 saturated carbocycles. The minimum absolute atomic E-state index is 0.0202. The maximum Gasteiger partial charge on any atom is 0.407 e. The van der Waals surface area contributed by atoms with E-state index in [-0.39, 0.29) is 23.4 Å². The van der Waals surface area contributed by atoms with Crippen molar-refractivity contribution < 1.29 is 24.0 Å². The number of carbonyl (C=O) groups is 2. The number of nitrogens with zero attached hydrogens (tertiary/aromatic N) is 5. The lowest BCUT2D eigenvalue weighted by atomic mass is 10.1. The lowest BCUT2D eigenvalue weighted by Crippen LogP contribution is -2.32. The fraction of sp³-hybridized carbons (Fsp3) is 0.438. The van der Waals surface area contributed by atoms with Crippen LogP contribution < -0.4 is 5.32 Å². The Bertz CT molecular complexity index is 938. The number of nitro groups is 1. The summed E-state index contributed by atoms with van der Waals surface area (Å²) in [5.74, 6) is -0.752. The van der Waals surface area contributed by atoms with Gasteiger partial charge < -0.3 is 14.8 Å². The molecule has 12 nitrogen and oxygen atoms in total. The van der Waals surface area contributed by atoms with Crippen LogP contribution in [0.25, 0.3) is 0 Å². The van der Waals surface area contributed by atoms with Crippen LogP contribution in [0, 0.1) is 10.1 Å². The maximum atomic E-state index is 12.2. The molecule has 0 aliphatic heterocycles. The monoisotopic (exact) mass is 424 g/mol. The Morgan fingerprint density at radius 1 is 1.34 bits per heavy atom. The second-order valence-corrected chi connectivity index (χ2v) is 7.78. The molecular weight excluding hydrogens is 404 g/mol. The van der Waals surface area contributed by atoms with Crippen LogP contribution in [-0.2, 0) is 23.1 Å². The Morgan fingerprint density at radius 3 is 2.55 bits per heavy atom. The van der Waals surface area contributed by atoms with Crippen molar-refractivity contribution in [2.24, 2.45) is 7.05 Å². The van der Waals surface area contributed by atoms with Gasteiger partial charge in [0.05, 0.1) is 29.7 Å². The van der Waals surface area contributed by atoms with E-state index < -0.39 is 22.6 Å². The molecule has 2 rings (SSSR count). The largest absolute Gasteiger partial charge is 0.465 e. The Kier molecular flexibility index (Phi) is 6.74. The molecule has 0 aliphatic rings. The summed E-state index contributed by atoms with van der Waals surface area (Å²) in [4.78, 5) is 35.3. The van der Waals surface area contributed by atoms with E-state index in [1.165, 1.54) is 17.9 Å². The fourth-order valence-electron chi connectivity index (χ4n) is 2.16. The van der Waals surface area contributed by atoms with E-state index in [1.807, 2.05) is 0 Å². The number of tetrazole rings is 1. The highest BCUT2D eigenvalue weighted by atomic mass is 32.2. The molecule has 0 spiro atoms. The molecule has 2 aromatic rings. The average Bonchev–Trinajstić information content (AvgIpc) is 3.02. The molecule has 0 atom stereocenters. The molecule has 0 aliphatic carbocycles. The Balaban J connectivity index is 2.42. The first-order chi connectivity index (χ1) is 13.5. The quantitative estimate of drug-likeness (QED) is 0.414. The first-order valence-electron chi connectivity index (χ1n) is 8.28. The molecule has 0 radical (unpaired) electrons. The Morgan fingerprint density at radius 2 is 2.03 bits per heavy atom. The van der Waals surface area contributed by atoms with E-state index >= 15 is 0 Å². The average molecular weight is 424 g/mol. The molecule has 0 bridgehead atoms. The number of esters is 1. The zero-order chi connectivity index (χ0) is 21.8. The highest BCUT2D eigenvalue weighted by molar-refractivity contribution is 7.99. The van der Waals surface area contributed by atoms with Gasteiger partial charge in [0.25, 0.3) is 5.69 Å². The molecule has 1 aromatic carbocycles. The zero-order valence-electron chi connectivity index (χ0n) is 16.5. The van der Waals surface area contributed by atoms with Crippen molar-refractivity contribution in [3.8, 4) is 0 Å². The van der Waals surface area contributed by atoms with Gasteiger partial charge in [0.2, 0.25) is 5.16 Å². The molecule has 1 amide bonds. The third-order valence-electron chi connectivity index (χ3n) is 3.39. The smallest absolute Gasteiger partial charge is 0.407 e. The van der Waals surface area contributed by atoms with Crippen molar-refractivity contribution in [2.45, 2.75) is 43.0 Å². The normalized spacial score (nSPS) is 11.1. The number of rotatable bonds is 6. The van der Waals surface area contributed by atoms with E-state index in [0.717, 1.165) is 17.8 Å². The van der Waals surface area contributed by atoms with Crippen molar-refractivity contribution >= 4 is 29.5 Å². The van der Waals surface area contributed by atoms with Gasteiger partial charge in [0, 0.05) is 18.0 Å². The highest BCUT2D eigenvalue weighted by Crippen LogP contribution is 2.34. The number of ether oxygens (including phenoxy) is 2. The standard InChI is InChI=1S/C16H20N6O6S/c1-16(2,3)28-15(24)17-8-9-6-12(29-14-18-19-20-21(14)4)10(13(23)27-5)7-11(9)22(25)26/h6-7H,8H2,1-5H3,(H,17,24). The molecule has 1 N–H and O–H groups in total. The van der Waals surface area contributed by atoms with E-state index in [2.05, 4.69) is 20.8 Å². The van der Waals surface area contributed by atoms with Crippen LogP contribution in [0.15, 0.2) is 22.2 Å². The molecule has 0 fully saturated rings. The van der Waals surface area contributed by atoms with Crippen LogP contribution >= 0.6 is 11.8 Å². The number of benzene rings is 1. The van der Waals surface area contributed by atoms with Crippen LogP contribution in [-0.4, -0.2) is 49.9 Å². The van der Waals surface area contributed by atoms with Gasteiger partial charge in [0.1, 0.15) is 5.60 Å². The van der Waals surface area contributed by atoms with E-state index in [0.29, 0.717) is 10.1 Å². The molecular formula is C16H20N6O6S. The van der Waals surface area contributed by atoms with Gasteiger partial charge in [-0.05, 0) is 49.0 Å². The summed E-state index contributed by atoms with van der Waals surface area (Å²) in [5, 5.41) is 25.4. The minimum atomic E-state index is -0.752. The molecule has 1 heterocycles. The number of carbonyl (C=O) groups excluding carboxylic acids is 2. The number of hydrogen-bond acceptors (Lipinski definition) is 10. The Labute approximate surface area is 170 Å². The second kappa shape index (κ2) is 8.86. The van der Waals surface area contributed by atoms with Crippen LogP contribution in [0.3, 0.4) is 0 Å². The number of methoxy groups -OCH3 is 1. The van der Waals surface area contributed by atoms with Crippen LogP contribution in [0.1, 0.15) is 36.7 Å². The van der Waals surface area contributed by atoms with Gasteiger partial charge in [-0.15, -0.1) is 5.10 Å². The van der Waals surface area contributed by atoms with Crippen LogP contribution in [0.2, 0.25) is 0 Å². The van der Waals surface area contributed by atoms with Gasteiger partial charge in [-0.1, -0.05) is 0 Å². The number of nitro benzene ring substituents is 1. The van der Waals surface area contributed by atoms with Gasteiger partial charge >= 0.3 is 12.1 Å². The minimum Gasteiger partial charge on any atom is -0.465 e. The van der Waals surface area contributed by atoms with Crippen molar-refractivity contribution in [1.82, 2.24) is 25.5 Å². The highest BCUT2D eigenvalue weighted by Gasteiger charge is 2.25. The maximum absolute atomic E-state index is 12.2. The molecule has 0 unspecified atom stereocenters. The molecule has 156 valence electrons. The van der Waals surface area contributed by atoms with Gasteiger partial charge in [-0.2, -0.15) is 0 Å². The third kappa shape index (κ3) is 5.88. The van der Waals surface area contributed by atoms with E-state index in [9.17, 15) is 19.7 Å². The van der Waals surface area contributed by atoms with Gasteiger partial charge in [-0.25, -0.2) is 14.3 Å². The number of hydrogen-bond donors (Lipinski definition) is 1. The van der Waals surface area contributed by atoms with Crippen molar-refractivity contribution in [1.29, 1.82) is 0 Å². The summed E-state index contributed by atoms with van der Waals surface area (Å²) in [7, 11) is 2.78. The second-order valence-electron chi connectivity index (χ2n) is 6.77. The lowest BCUT2D eigenvalue weighted by Gasteiger charge is -2.19. The van der Waals surface area contributed by atoms with E-state index in [4.69, 9.17) is 9.47 Å². The van der Waals surface area contributed by atoms with Crippen molar-refractivity contribution in [3.05, 3.63) is 33.4 Å². The summed E-state index contributed by atoms with van der Waals surface area (Å²) >= 11 is 1.03. The number of aromatic nitrogens is 4. The molecule has 29 heavy (non-hydrogen) atoms. The molecule has 13 heteroatoms. The number of alkyl carbamates (subject to hydrolysis) is 1. The number of aryl methyl sites for hydroxylation is 1. The third-order valence-corrected chi connectivity index (χ3v) is 4.47. The lowest BCUT2D eigenvalue weighted by molar-refractivity contribution is -0.385. The summed E-state index contributed by atoms with van der Waals surface area (Å²) in [6, 6.07) is 2.52. The van der Waals surface area contributed by atoms with Gasteiger partial charge in [0.15, 0.2) is 0 Å². The summed E-state index contributed by atoms with van der Waals surface area (Å²) in [5.41, 5.74) is -0.912. The molecule has 0 saturated heterocycles. The number of nitrogens with one attached hydrogen (secondary N) is 1. The topological polar surface area (TPSA) is 151 Å². The summed E-state index contributed by atoms with van der Waals surface area (Å²) in [6.45, 7) is 4.91. The first kappa shape index (κ1) is 22.1.